The van der Waals surface area contributed by atoms with Gasteiger partial charge >= 0.3 is 0 Å². The first-order chi connectivity index (χ1) is 29.0. The molecular formula is C50H65N3O7. The van der Waals surface area contributed by atoms with E-state index < -0.39 is 29.6 Å². The number of phenolic OH excluding ortho intramolecular Hbond substituents is 1. The van der Waals surface area contributed by atoms with Crippen LogP contribution in [-0.4, -0.2) is 76.5 Å². The average molecular weight is 820 g/mol. The fourth-order valence-corrected chi connectivity index (χ4v) is 10.7. The number of aryl methyl sites for hydroxylation is 1. The van der Waals surface area contributed by atoms with Gasteiger partial charge in [0.2, 0.25) is 0 Å². The fraction of sp³-hybridized carbons (Fsp3) is 0.560. The molecule has 3 aliphatic carbocycles. The summed E-state index contributed by atoms with van der Waals surface area (Å²) in [4.78, 5) is 26.2. The van der Waals surface area contributed by atoms with Gasteiger partial charge in [-0.15, -0.1) is 0 Å². The number of piperidine rings is 1. The van der Waals surface area contributed by atoms with Gasteiger partial charge < -0.3 is 41.5 Å². The summed E-state index contributed by atoms with van der Waals surface area (Å²) < 4.78 is 5.47. The number of fused-ring (bicyclic) bond motifs is 2. The Bertz CT molecular complexity index is 2020. The van der Waals surface area contributed by atoms with E-state index >= 15 is 0 Å². The summed E-state index contributed by atoms with van der Waals surface area (Å²) in [5, 5.41) is 53.4. The number of nitrogens with two attached hydrogens (primary N) is 1. The largest absolute Gasteiger partial charge is 0.504 e. The second-order valence-electron chi connectivity index (χ2n) is 18.2. The van der Waals surface area contributed by atoms with Gasteiger partial charge in [-0.3, -0.25) is 9.59 Å². The minimum atomic E-state index is -1.24. The molecule has 0 amide bonds. The Morgan fingerprint density at radius 2 is 1.83 bits per heavy atom. The molecule has 0 radical (unpaired) electrons. The summed E-state index contributed by atoms with van der Waals surface area (Å²) in [7, 11) is 1.48. The summed E-state index contributed by atoms with van der Waals surface area (Å²) in [6.45, 7) is 3.63. The van der Waals surface area contributed by atoms with Gasteiger partial charge in [0.25, 0.3) is 0 Å². The normalized spacial score (nSPS) is 29.8. The van der Waals surface area contributed by atoms with Crippen molar-refractivity contribution in [2.45, 2.75) is 127 Å². The molecule has 2 heterocycles. The van der Waals surface area contributed by atoms with Crippen LogP contribution in [0.3, 0.4) is 0 Å². The first-order valence-corrected chi connectivity index (χ1v) is 22.4. The van der Waals surface area contributed by atoms with E-state index in [0.29, 0.717) is 73.7 Å². The molecule has 7 rings (SSSR count). The maximum absolute atomic E-state index is 14.3. The first-order valence-electron chi connectivity index (χ1n) is 22.4. The van der Waals surface area contributed by atoms with Crippen molar-refractivity contribution in [3.8, 4) is 23.3 Å². The third-order valence-corrected chi connectivity index (χ3v) is 14.4. The Morgan fingerprint density at radius 3 is 2.60 bits per heavy atom. The molecule has 2 saturated carbocycles. The number of aliphatic hydroxyl groups is 3. The number of hydrogen-bond acceptors (Lipinski definition) is 10. The van der Waals surface area contributed by atoms with Crippen LogP contribution in [0.1, 0.15) is 113 Å². The smallest absolute Gasteiger partial charge is 0.160 e. The highest BCUT2D eigenvalue weighted by atomic mass is 16.5. The monoisotopic (exact) mass is 819 g/mol. The maximum Gasteiger partial charge on any atom is 0.160 e. The predicted molar refractivity (Wildman–Crippen MR) is 234 cm³/mol. The van der Waals surface area contributed by atoms with E-state index in [0.717, 1.165) is 61.8 Å². The van der Waals surface area contributed by atoms with Crippen molar-refractivity contribution < 1.29 is 34.8 Å². The van der Waals surface area contributed by atoms with Crippen molar-refractivity contribution in [1.29, 1.82) is 0 Å². The Morgan fingerprint density at radius 1 is 1.03 bits per heavy atom. The molecule has 2 aromatic carbocycles. The van der Waals surface area contributed by atoms with E-state index in [9.17, 15) is 30.0 Å². The predicted octanol–water partition coefficient (Wildman–Crippen LogP) is 6.22. The number of allylic oxidation sites excluding steroid dienone is 3. The van der Waals surface area contributed by atoms with Gasteiger partial charge in [0.15, 0.2) is 17.3 Å². The number of ether oxygens (including phenoxy) is 1. The molecule has 10 atom stereocenters. The highest BCUT2D eigenvalue weighted by Crippen LogP contribution is 2.45. The number of methoxy groups -OCH3 is 1. The maximum atomic E-state index is 14.3. The van der Waals surface area contributed by atoms with E-state index in [1.165, 1.54) is 12.7 Å². The standard InChI is InChI=1S/C50H65N3O7/c1-3-34-30-53-49(51)28-41(34)35(12-11-31-7-5-4-6-8-31)23-43(55)44(56)24-37-18-20-50(47(58)16-14-36-25-46(60-2)45(57)27-40(36)37)19-17-32(22-48(50)59)9-10-33-21-38-13-15-39(54)26-42(38)52-29-33/h4-8,11-12,25,27-28,32-33,35,37-38,42-44,48,52-53,55-57,59H,3,9-10,13-17,19,21-24,26,29-30,51H2,1-2H3. The molecule has 60 heavy (non-hydrogen) atoms. The lowest BCUT2D eigenvalue weighted by Gasteiger charge is -2.42. The number of nitrogens with one attached hydrogen (secondary N) is 2. The van der Waals surface area contributed by atoms with Gasteiger partial charge in [0, 0.05) is 43.7 Å². The lowest BCUT2D eigenvalue weighted by Crippen LogP contribution is -2.49. The zero-order valence-electron chi connectivity index (χ0n) is 35.4. The molecule has 1 spiro atoms. The summed E-state index contributed by atoms with van der Waals surface area (Å²) >= 11 is 0. The van der Waals surface area contributed by atoms with Gasteiger partial charge in [0.05, 0.1) is 31.2 Å². The van der Waals surface area contributed by atoms with Crippen molar-refractivity contribution in [2.24, 2.45) is 34.8 Å². The molecule has 1 saturated heterocycles. The topological polar surface area (TPSA) is 174 Å². The zero-order chi connectivity index (χ0) is 42.4. The number of phenols is 1. The van der Waals surface area contributed by atoms with Crippen LogP contribution in [0.15, 0.2) is 71.6 Å². The van der Waals surface area contributed by atoms with Crippen molar-refractivity contribution in [3.63, 3.8) is 0 Å². The Balaban J connectivity index is 1.10. The number of hydrogen-bond donors (Lipinski definition) is 7. The molecular weight excluding hydrogens is 755 g/mol. The van der Waals surface area contributed by atoms with E-state index in [4.69, 9.17) is 10.5 Å². The Kier molecular flexibility index (Phi) is 14.2. The van der Waals surface area contributed by atoms with Gasteiger partial charge in [-0.1, -0.05) is 67.7 Å². The van der Waals surface area contributed by atoms with Crippen LogP contribution in [0.5, 0.6) is 11.5 Å². The minimum absolute atomic E-state index is 0.0513. The molecule has 2 aliphatic heterocycles. The molecule has 10 heteroatoms. The Hall–Kier alpha value is -4.40. The number of rotatable bonds is 13. The van der Waals surface area contributed by atoms with Crippen molar-refractivity contribution in [2.75, 3.05) is 20.2 Å². The molecule has 10 unspecified atom stereocenters. The van der Waals surface area contributed by atoms with Gasteiger partial charge in [-0.05, 0) is 135 Å². The lowest BCUT2D eigenvalue weighted by atomic mass is 9.64. The number of aromatic hydroxyl groups is 1. The van der Waals surface area contributed by atoms with Gasteiger partial charge in [-0.2, -0.15) is 0 Å². The molecule has 3 fully saturated rings. The summed E-state index contributed by atoms with van der Waals surface area (Å²) in [6, 6.07) is 13.6. The van der Waals surface area contributed by atoms with E-state index in [2.05, 4.69) is 35.5 Å². The molecule has 322 valence electrons. The van der Waals surface area contributed by atoms with Crippen LogP contribution in [0.2, 0.25) is 0 Å². The highest BCUT2D eigenvalue weighted by Gasteiger charge is 2.48. The molecule has 2 aromatic rings. The number of dihydropyridines is 1. The fourth-order valence-electron chi connectivity index (χ4n) is 10.7. The summed E-state index contributed by atoms with van der Waals surface area (Å²) in [6.07, 6.45) is 11.6. The number of aliphatic hydroxyl groups excluding tert-OH is 3. The van der Waals surface area contributed by atoms with Crippen molar-refractivity contribution in [1.82, 2.24) is 10.6 Å². The Labute approximate surface area is 355 Å². The van der Waals surface area contributed by atoms with Crippen LogP contribution in [-0.2, 0) is 16.0 Å². The van der Waals surface area contributed by atoms with Crippen molar-refractivity contribution in [3.05, 3.63) is 88.3 Å². The van der Waals surface area contributed by atoms with Crippen LogP contribution >= 0.6 is 0 Å². The minimum Gasteiger partial charge on any atom is -0.504 e. The molecule has 5 aliphatic rings. The molecule has 0 bridgehead atoms. The quantitative estimate of drug-likeness (QED) is 0.115. The van der Waals surface area contributed by atoms with Gasteiger partial charge in [-0.25, -0.2) is 0 Å². The lowest BCUT2D eigenvalue weighted by molar-refractivity contribution is -0.134. The first kappa shape index (κ1) is 43.7. The van der Waals surface area contributed by atoms with Crippen molar-refractivity contribution >= 4 is 17.6 Å². The third kappa shape index (κ3) is 10.0. The van der Waals surface area contributed by atoms with Crippen LogP contribution < -0.4 is 21.1 Å². The number of carbonyl (C=O) groups excluding carboxylic acids is 2. The van der Waals surface area contributed by atoms with Crippen LogP contribution in [0.4, 0.5) is 0 Å². The van der Waals surface area contributed by atoms with E-state index in [1.807, 2.05) is 42.5 Å². The number of ketones is 2. The summed E-state index contributed by atoms with van der Waals surface area (Å²) in [5.41, 5.74) is 9.70. The van der Waals surface area contributed by atoms with Crippen LogP contribution in [0.25, 0.3) is 6.08 Å². The molecule has 8 N–H and O–H groups in total. The number of carbonyl (C=O) groups is 2. The average Bonchev–Trinajstić information content (AvgIpc) is 3.30. The molecule has 10 nitrogen and oxygen atoms in total. The van der Waals surface area contributed by atoms with E-state index in [1.54, 1.807) is 12.1 Å². The third-order valence-electron chi connectivity index (χ3n) is 14.4. The van der Waals surface area contributed by atoms with Gasteiger partial charge in [0.1, 0.15) is 11.2 Å². The zero-order valence-corrected chi connectivity index (χ0v) is 35.4. The number of benzene rings is 2. The number of Topliss-reactive ketones (excluding diaryl/α,β-unsaturated/α-hetero) is 2. The SMILES string of the molecule is CCC1=C(C(C=Cc2ccccc2)CC(O)C(O)CC2C#CC3(CCC(CCC4CNC5CC(=O)CCC5C4)CC3O)C(=O)CCc3cc(OC)c(O)cc32)C=C(N)NC1. The van der Waals surface area contributed by atoms with Crippen LogP contribution in [0, 0.1) is 40.9 Å². The summed E-state index contributed by atoms with van der Waals surface area (Å²) in [5.74, 6) is 8.23. The second kappa shape index (κ2) is 19.5. The highest BCUT2D eigenvalue weighted by molar-refractivity contribution is 5.89. The second-order valence-corrected chi connectivity index (χ2v) is 18.2. The molecule has 0 aromatic heterocycles. The van der Waals surface area contributed by atoms with E-state index in [-0.39, 0.29) is 48.4 Å².